The summed E-state index contributed by atoms with van der Waals surface area (Å²) in [4.78, 5) is 10.3. The zero-order chi connectivity index (χ0) is 6.57. The molecule has 0 rings (SSSR count). The van der Waals surface area contributed by atoms with E-state index < -0.39 is 0 Å². The molecule has 0 aliphatic rings. The fourth-order valence-electron chi connectivity index (χ4n) is 0.311. The van der Waals surface area contributed by atoms with E-state index in [0.717, 1.165) is 0 Å². The van der Waals surface area contributed by atoms with Gasteiger partial charge in [-0.2, -0.15) is 0 Å². The molecule has 0 fully saturated rings. The van der Waals surface area contributed by atoms with Gasteiger partial charge in [-0.15, -0.1) is 0 Å². The first-order valence-corrected chi connectivity index (χ1v) is 2.56. The second kappa shape index (κ2) is 7.18. The van der Waals surface area contributed by atoms with Crippen LogP contribution in [-0.4, -0.2) is 18.6 Å². The van der Waals surface area contributed by atoms with Crippen molar-refractivity contribution in [2.45, 2.75) is 20.0 Å². The Morgan fingerprint density at radius 3 is 2.33 bits per heavy atom. The van der Waals surface area contributed by atoms with Crippen molar-refractivity contribution in [1.29, 1.82) is 0 Å². The third kappa shape index (κ3) is 9.07. The van der Waals surface area contributed by atoms with E-state index in [1.165, 1.54) is 0 Å². The van der Waals surface area contributed by atoms with Gasteiger partial charge in [-0.25, -0.2) is 0 Å². The van der Waals surface area contributed by atoms with Crippen LogP contribution in [0, 0.1) is 0 Å². The predicted molar refractivity (Wildman–Crippen MR) is 31.4 cm³/mol. The summed E-state index contributed by atoms with van der Waals surface area (Å²) >= 11 is 0. The molecule has 50 valence electrons. The summed E-state index contributed by atoms with van der Waals surface area (Å²) in [5.41, 5.74) is 4.95. The average molecular weight is 157 g/mol. The van der Waals surface area contributed by atoms with Crippen LogP contribution in [0.1, 0.15) is 15.3 Å². The van der Waals surface area contributed by atoms with Crippen LogP contribution >= 0.6 is 0 Å². The van der Waals surface area contributed by atoms with Crippen LogP contribution in [0.2, 0.25) is 0 Å². The number of carbonyl (C=O) groups excluding carboxylic acids is 1. The molecule has 4 heteroatoms. The number of nitrogens with two attached hydrogens (primary N) is 1. The molecule has 0 amide bonds. The van der Waals surface area contributed by atoms with Crippen LogP contribution in [0.4, 0.5) is 0 Å². The molecule has 0 saturated carbocycles. The van der Waals surface area contributed by atoms with E-state index in [1.54, 1.807) is 13.8 Å². The van der Waals surface area contributed by atoms with Crippen LogP contribution in [0.15, 0.2) is 0 Å². The Morgan fingerprint density at radius 2 is 2.22 bits per heavy atom. The van der Waals surface area contributed by atoms with E-state index in [2.05, 4.69) is 4.74 Å². The van der Waals surface area contributed by atoms with E-state index in [-0.39, 0.29) is 71.4 Å². The fraction of sp³-hybridized carbons (Fsp3) is 0.800. The second-order valence-corrected chi connectivity index (χ2v) is 1.74. The largest absolute Gasteiger partial charge is 1.00 e. The van der Waals surface area contributed by atoms with Gasteiger partial charge >= 0.3 is 57.4 Å². The molecule has 0 saturated heterocycles. The van der Waals surface area contributed by atoms with E-state index >= 15 is 0 Å². The van der Waals surface area contributed by atoms with Crippen LogP contribution in [0.5, 0.6) is 0 Å². The second-order valence-electron chi connectivity index (χ2n) is 1.74. The zero-order valence-electron chi connectivity index (χ0n) is 7.18. The summed E-state index contributed by atoms with van der Waals surface area (Å²) in [7, 11) is 0. The van der Waals surface area contributed by atoms with E-state index in [1.807, 2.05) is 0 Å². The van der Waals surface area contributed by atoms with Crippen molar-refractivity contribution in [1.82, 2.24) is 0 Å². The number of rotatable bonds is 2. The van der Waals surface area contributed by atoms with Crippen molar-refractivity contribution in [3.63, 3.8) is 0 Å². The van der Waals surface area contributed by atoms with E-state index in [9.17, 15) is 4.79 Å². The topological polar surface area (TPSA) is 52.3 Å². The fourth-order valence-corrected chi connectivity index (χ4v) is 0.311. The molecular weight excluding hydrogens is 145 g/mol. The Kier molecular flexibility index (Phi) is 10.1. The van der Waals surface area contributed by atoms with Crippen molar-refractivity contribution >= 4 is 5.97 Å². The molecule has 0 unspecified atom stereocenters. The van der Waals surface area contributed by atoms with Crippen molar-refractivity contribution in [2.75, 3.05) is 6.54 Å². The van der Waals surface area contributed by atoms with E-state index in [0.29, 0.717) is 0 Å². The summed E-state index contributed by atoms with van der Waals surface area (Å²) in [5.74, 6) is -0.347. The van der Waals surface area contributed by atoms with Gasteiger partial charge in [0.15, 0.2) is 0 Å². The van der Waals surface area contributed by atoms with Gasteiger partial charge in [0.1, 0.15) is 0 Å². The Labute approximate surface area is 99.2 Å². The van der Waals surface area contributed by atoms with Gasteiger partial charge in [0.05, 0.1) is 12.6 Å². The van der Waals surface area contributed by atoms with Crippen molar-refractivity contribution in [2.24, 2.45) is 5.73 Å². The molecule has 0 aromatic heterocycles. The summed E-state index contributed by atoms with van der Waals surface area (Å²) < 4.78 is 4.64. The van der Waals surface area contributed by atoms with Gasteiger partial charge in [0.2, 0.25) is 0 Å². The molecule has 0 heterocycles. The molecule has 0 radical (unpaired) electrons. The summed E-state index contributed by atoms with van der Waals surface area (Å²) in [5, 5.41) is 0. The number of hydrogen-bond donors (Lipinski definition) is 1. The van der Waals surface area contributed by atoms with Crippen molar-refractivity contribution < 1.29 is 62.3 Å². The molecule has 9 heavy (non-hydrogen) atoms. The third-order valence-electron chi connectivity index (χ3n) is 0.534. The summed E-state index contributed by atoms with van der Waals surface area (Å²) in [6, 6.07) is 0. The van der Waals surface area contributed by atoms with Crippen LogP contribution in [0.25, 0.3) is 0 Å². The minimum absolute atomic E-state index is 0. The SMILES string of the molecule is CC(C)OC(=O)CN.[H-].[K+]. The molecule has 0 spiro atoms. The number of carbonyl (C=O) groups is 1. The van der Waals surface area contributed by atoms with Crippen LogP contribution in [0.3, 0.4) is 0 Å². The van der Waals surface area contributed by atoms with Crippen molar-refractivity contribution in [3.8, 4) is 0 Å². The minimum atomic E-state index is -0.347. The maximum atomic E-state index is 10.3. The van der Waals surface area contributed by atoms with Gasteiger partial charge < -0.3 is 11.9 Å². The minimum Gasteiger partial charge on any atom is -1.00 e. The summed E-state index contributed by atoms with van der Waals surface area (Å²) in [6.45, 7) is 3.54. The van der Waals surface area contributed by atoms with E-state index in [4.69, 9.17) is 5.73 Å². The Balaban J connectivity index is -0.000000245. The third-order valence-corrected chi connectivity index (χ3v) is 0.534. The molecule has 0 aliphatic carbocycles. The average Bonchev–Trinajstić information content (AvgIpc) is 1.65. The van der Waals surface area contributed by atoms with Gasteiger partial charge in [-0.05, 0) is 13.8 Å². The first kappa shape index (κ1) is 12.7. The van der Waals surface area contributed by atoms with Gasteiger partial charge in [-0.1, -0.05) is 0 Å². The van der Waals surface area contributed by atoms with Gasteiger partial charge in [0, 0.05) is 0 Å². The molecule has 3 nitrogen and oxygen atoms in total. The smallest absolute Gasteiger partial charge is 1.00 e. The van der Waals surface area contributed by atoms with Gasteiger partial charge in [0.25, 0.3) is 0 Å². The zero-order valence-corrected chi connectivity index (χ0v) is 9.30. The van der Waals surface area contributed by atoms with Crippen molar-refractivity contribution in [3.05, 3.63) is 0 Å². The number of esters is 1. The maximum Gasteiger partial charge on any atom is 1.00 e. The Bertz CT molecular complexity index is 89.7. The molecule has 0 atom stereocenters. The van der Waals surface area contributed by atoms with Gasteiger partial charge in [-0.3, -0.25) is 4.79 Å². The molecule has 0 aliphatic heterocycles. The number of ether oxygens (including phenoxy) is 1. The normalized spacial score (nSPS) is 8.44. The molecule has 0 aromatic rings. The van der Waals surface area contributed by atoms with Crippen LogP contribution < -0.4 is 57.1 Å². The molecule has 0 bridgehead atoms. The maximum absolute atomic E-state index is 10.3. The first-order chi connectivity index (χ1) is 3.66. The Morgan fingerprint density at radius 1 is 1.78 bits per heavy atom. The molecule has 2 N–H and O–H groups in total. The molecular formula is C5H12KNO2. The molecule has 0 aromatic carbocycles. The standard InChI is InChI=1S/C5H11NO2.K.H/c1-4(2)8-5(7)3-6;;/h4H,3,6H2,1-2H3;;/q;+1;-1. The quantitative estimate of drug-likeness (QED) is 0.344. The monoisotopic (exact) mass is 157 g/mol. The Hall–Kier alpha value is 1.07. The predicted octanol–water partition coefficient (Wildman–Crippen LogP) is -2.99. The summed E-state index contributed by atoms with van der Waals surface area (Å²) in [6.07, 6.45) is -0.0500. The van der Waals surface area contributed by atoms with Crippen LogP contribution in [-0.2, 0) is 9.53 Å². The first-order valence-electron chi connectivity index (χ1n) is 2.56. The number of hydrogen-bond acceptors (Lipinski definition) is 3.